The Labute approximate surface area is 176 Å². The summed E-state index contributed by atoms with van der Waals surface area (Å²) in [5, 5.41) is 12.7. The molecule has 0 aliphatic carbocycles. The highest BCUT2D eigenvalue weighted by molar-refractivity contribution is 7.89. The first kappa shape index (κ1) is 23.1. The largest absolute Gasteiger partial charge is 0.394 e. The minimum absolute atomic E-state index is 0.00223. The molecule has 168 valence electrons. The highest BCUT2D eigenvalue weighted by Crippen LogP contribution is 2.23. The number of nitrogens with one attached hydrogen (secondary N) is 2. The highest BCUT2D eigenvalue weighted by Gasteiger charge is 2.33. The zero-order valence-corrected chi connectivity index (χ0v) is 17.6. The quantitative estimate of drug-likeness (QED) is 0.550. The predicted octanol–water partition coefficient (Wildman–Crippen LogP) is 0.945. The Bertz CT molecular complexity index is 798. The van der Waals surface area contributed by atoms with Gasteiger partial charge in [-0.05, 0) is 56.4 Å². The smallest absolute Gasteiger partial charge is 0.240 e. The van der Waals surface area contributed by atoms with Crippen molar-refractivity contribution in [2.24, 2.45) is 5.92 Å². The third-order valence-corrected chi connectivity index (χ3v) is 7.07. The Kier molecular flexibility index (Phi) is 8.18. The molecule has 8 nitrogen and oxygen atoms in total. The second-order valence-corrected chi connectivity index (χ2v) is 9.47. The van der Waals surface area contributed by atoms with Gasteiger partial charge in [0, 0.05) is 25.7 Å². The molecule has 2 fully saturated rings. The molecule has 0 unspecified atom stereocenters. The van der Waals surface area contributed by atoms with Gasteiger partial charge in [0.1, 0.15) is 11.9 Å². The van der Waals surface area contributed by atoms with Crippen LogP contribution in [-0.4, -0.2) is 64.0 Å². The number of sulfonamides is 1. The molecule has 1 aromatic rings. The van der Waals surface area contributed by atoms with Crippen LogP contribution in [0.1, 0.15) is 32.1 Å². The molecule has 0 saturated carbocycles. The summed E-state index contributed by atoms with van der Waals surface area (Å²) in [6, 6.07) is 4.35. The Balaban J connectivity index is 1.45. The number of ether oxygens (including phenoxy) is 2. The van der Waals surface area contributed by atoms with E-state index in [1.807, 2.05) is 0 Å². The van der Waals surface area contributed by atoms with Crippen molar-refractivity contribution >= 4 is 15.9 Å². The summed E-state index contributed by atoms with van der Waals surface area (Å²) in [6.07, 6.45) is 2.36. The maximum absolute atomic E-state index is 13.0. The van der Waals surface area contributed by atoms with E-state index < -0.39 is 21.9 Å². The van der Waals surface area contributed by atoms with Gasteiger partial charge in [-0.25, -0.2) is 17.5 Å². The minimum atomic E-state index is -3.72. The number of amides is 1. The van der Waals surface area contributed by atoms with Crippen molar-refractivity contribution < 1.29 is 32.2 Å². The van der Waals surface area contributed by atoms with Crippen LogP contribution in [0, 0.1) is 11.7 Å². The van der Waals surface area contributed by atoms with E-state index in [4.69, 9.17) is 9.47 Å². The standard InChI is InChI=1S/C20H29FN2O6S/c21-15-1-4-17(5-2-15)30(26,27)22-10-7-16-3-6-18(19(13-24)29-16)23-20(25)14-8-11-28-12-9-14/h1-2,4-5,14,16,18-19,22,24H,3,6-13H2,(H,23,25)/t16-,18+,19+/m0/s1. The van der Waals surface area contributed by atoms with Gasteiger partial charge in [-0.1, -0.05) is 0 Å². The molecule has 3 N–H and O–H groups in total. The third kappa shape index (κ3) is 6.21. The fourth-order valence-corrected chi connectivity index (χ4v) is 4.87. The zero-order chi connectivity index (χ0) is 21.6. The lowest BCUT2D eigenvalue weighted by molar-refractivity contribution is -0.134. The number of rotatable bonds is 8. The number of benzene rings is 1. The van der Waals surface area contributed by atoms with E-state index in [9.17, 15) is 22.7 Å². The van der Waals surface area contributed by atoms with Gasteiger partial charge in [-0.15, -0.1) is 0 Å². The van der Waals surface area contributed by atoms with E-state index in [0.29, 0.717) is 45.3 Å². The molecule has 0 radical (unpaired) electrons. The molecular weight excluding hydrogens is 415 g/mol. The molecule has 0 bridgehead atoms. The third-order valence-electron chi connectivity index (χ3n) is 5.60. The van der Waals surface area contributed by atoms with Gasteiger partial charge in [0.15, 0.2) is 0 Å². The molecule has 2 heterocycles. The van der Waals surface area contributed by atoms with Gasteiger partial charge in [0.2, 0.25) is 15.9 Å². The Morgan fingerprint density at radius 2 is 1.83 bits per heavy atom. The maximum atomic E-state index is 13.0. The highest BCUT2D eigenvalue weighted by atomic mass is 32.2. The molecule has 2 aliphatic rings. The van der Waals surface area contributed by atoms with Crippen LogP contribution in [0.2, 0.25) is 0 Å². The number of carbonyl (C=O) groups is 1. The maximum Gasteiger partial charge on any atom is 0.240 e. The average Bonchev–Trinajstić information content (AvgIpc) is 2.75. The minimum Gasteiger partial charge on any atom is -0.394 e. The average molecular weight is 445 g/mol. The van der Waals surface area contributed by atoms with Crippen LogP contribution >= 0.6 is 0 Å². The van der Waals surface area contributed by atoms with Crippen molar-refractivity contribution in [1.29, 1.82) is 0 Å². The van der Waals surface area contributed by atoms with Crippen LogP contribution in [0.15, 0.2) is 29.2 Å². The van der Waals surface area contributed by atoms with Gasteiger partial charge in [-0.2, -0.15) is 0 Å². The van der Waals surface area contributed by atoms with Gasteiger partial charge in [0.25, 0.3) is 0 Å². The monoisotopic (exact) mass is 444 g/mol. The Hall–Kier alpha value is -1.59. The molecule has 3 atom stereocenters. The molecule has 30 heavy (non-hydrogen) atoms. The lowest BCUT2D eigenvalue weighted by Crippen LogP contribution is -2.52. The van der Waals surface area contributed by atoms with E-state index in [0.717, 1.165) is 12.1 Å². The van der Waals surface area contributed by atoms with Crippen LogP contribution in [0.3, 0.4) is 0 Å². The zero-order valence-electron chi connectivity index (χ0n) is 16.8. The summed E-state index contributed by atoms with van der Waals surface area (Å²) < 4.78 is 51.2. The number of halogens is 1. The van der Waals surface area contributed by atoms with E-state index in [-0.39, 0.29) is 42.0 Å². The van der Waals surface area contributed by atoms with Crippen LogP contribution < -0.4 is 10.0 Å². The van der Waals surface area contributed by atoms with Crippen molar-refractivity contribution in [3.8, 4) is 0 Å². The van der Waals surface area contributed by atoms with E-state index in [1.54, 1.807) is 0 Å². The normalized spacial score (nSPS) is 25.7. The number of hydrogen-bond acceptors (Lipinski definition) is 6. The van der Waals surface area contributed by atoms with Gasteiger partial charge in [-0.3, -0.25) is 4.79 Å². The number of hydrogen-bond donors (Lipinski definition) is 3. The van der Waals surface area contributed by atoms with E-state index >= 15 is 0 Å². The van der Waals surface area contributed by atoms with Gasteiger partial charge < -0.3 is 19.9 Å². The first-order valence-corrected chi connectivity index (χ1v) is 11.8. The molecule has 2 saturated heterocycles. The molecule has 0 spiro atoms. The summed E-state index contributed by atoms with van der Waals surface area (Å²) in [7, 11) is -3.72. The lowest BCUT2D eigenvalue weighted by Gasteiger charge is -2.37. The van der Waals surface area contributed by atoms with Gasteiger partial charge >= 0.3 is 0 Å². The van der Waals surface area contributed by atoms with Gasteiger partial charge in [0.05, 0.1) is 23.6 Å². The van der Waals surface area contributed by atoms with Crippen molar-refractivity contribution in [2.45, 2.75) is 55.2 Å². The molecule has 3 rings (SSSR count). The summed E-state index contributed by atoms with van der Waals surface area (Å²) >= 11 is 0. The van der Waals surface area contributed by atoms with Crippen molar-refractivity contribution in [1.82, 2.24) is 10.0 Å². The van der Waals surface area contributed by atoms with Crippen molar-refractivity contribution in [3.05, 3.63) is 30.1 Å². The first-order valence-electron chi connectivity index (χ1n) is 10.3. The second-order valence-electron chi connectivity index (χ2n) is 7.70. The summed E-state index contributed by atoms with van der Waals surface area (Å²) in [5.74, 6) is -0.606. The number of aliphatic hydroxyl groups excluding tert-OH is 1. The van der Waals surface area contributed by atoms with Crippen molar-refractivity contribution in [3.63, 3.8) is 0 Å². The van der Waals surface area contributed by atoms with E-state index in [1.165, 1.54) is 12.1 Å². The van der Waals surface area contributed by atoms with E-state index in [2.05, 4.69) is 10.0 Å². The van der Waals surface area contributed by atoms with Crippen LogP contribution in [-0.2, 0) is 24.3 Å². The molecule has 10 heteroatoms. The molecular formula is C20H29FN2O6S. The second kappa shape index (κ2) is 10.6. The fraction of sp³-hybridized carbons (Fsp3) is 0.650. The topological polar surface area (TPSA) is 114 Å². The molecule has 1 amide bonds. The Morgan fingerprint density at radius 1 is 1.13 bits per heavy atom. The summed E-state index contributed by atoms with van der Waals surface area (Å²) in [4.78, 5) is 12.4. The van der Waals surface area contributed by atoms with Crippen LogP contribution in [0.5, 0.6) is 0 Å². The predicted molar refractivity (Wildman–Crippen MR) is 107 cm³/mol. The number of carbonyl (C=O) groups excluding carboxylic acids is 1. The lowest BCUT2D eigenvalue weighted by atomic mass is 9.94. The molecule has 1 aromatic carbocycles. The summed E-state index contributed by atoms with van der Waals surface area (Å²) in [5.41, 5.74) is 0. The van der Waals surface area contributed by atoms with Crippen molar-refractivity contribution in [2.75, 3.05) is 26.4 Å². The Morgan fingerprint density at radius 3 is 2.50 bits per heavy atom. The first-order chi connectivity index (χ1) is 14.4. The SMILES string of the molecule is O=C(N[C@@H]1CC[C@@H](CCNS(=O)(=O)c2ccc(F)cc2)O[C@@H]1CO)C1CCOCC1. The fourth-order valence-electron chi connectivity index (χ4n) is 3.82. The molecule has 2 aliphatic heterocycles. The summed E-state index contributed by atoms with van der Waals surface area (Å²) in [6.45, 7) is 1.09. The molecule has 0 aromatic heterocycles. The van der Waals surface area contributed by atoms with Crippen LogP contribution in [0.25, 0.3) is 0 Å². The van der Waals surface area contributed by atoms with Crippen LogP contribution in [0.4, 0.5) is 4.39 Å². The number of aliphatic hydroxyl groups is 1.